The number of benzene rings is 1. The molecule has 25 heavy (non-hydrogen) atoms. The number of amides is 1. The number of hydrogen-bond donors (Lipinski definition) is 0. The molecule has 0 aromatic heterocycles. The van der Waals surface area contributed by atoms with Gasteiger partial charge in [-0.25, -0.2) is 8.42 Å². The number of rotatable bonds is 4. The van der Waals surface area contributed by atoms with Gasteiger partial charge in [-0.2, -0.15) is 4.31 Å². The molecular formula is C16H21N3O5S. The molecule has 2 saturated heterocycles. The second-order valence-electron chi connectivity index (χ2n) is 6.41. The molecule has 0 radical (unpaired) electrons. The molecule has 1 unspecified atom stereocenters. The lowest BCUT2D eigenvalue weighted by atomic mass is 10.0. The van der Waals surface area contributed by atoms with Crippen LogP contribution in [0.3, 0.4) is 0 Å². The van der Waals surface area contributed by atoms with E-state index in [1.165, 1.54) is 28.6 Å². The average molecular weight is 367 g/mol. The maximum absolute atomic E-state index is 13.0. The number of carbonyl (C=O) groups excluding carboxylic acids is 1. The molecule has 0 N–H and O–H groups in total. The smallest absolute Gasteiger partial charge is 0.269 e. The Kier molecular flexibility index (Phi) is 5.05. The minimum absolute atomic E-state index is 0.0146. The van der Waals surface area contributed by atoms with Crippen LogP contribution < -0.4 is 0 Å². The molecule has 2 fully saturated rings. The molecule has 1 aromatic rings. The summed E-state index contributed by atoms with van der Waals surface area (Å²) < 4.78 is 27.2. The van der Waals surface area contributed by atoms with Crippen LogP contribution >= 0.6 is 0 Å². The van der Waals surface area contributed by atoms with Crippen LogP contribution in [0.2, 0.25) is 0 Å². The molecule has 2 aliphatic heterocycles. The molecule has 1 aromatic carbocycles. The fourth-order valence-corrected chi connectivity index (χ4v) is 5.11. The highest BCUT2D eigenvalue weighted by Crippen LogP contribution is 2.28. The van der Waals surface area contributed by atoms with Crippen molar-refractivity contribution in [1.82, 2.24) is 9.21 Å². The van der Waals surface area contributed by atoms with Crippen molar-refractivity contribution >= 4 is 21.6 Å². The first-order chi connectivity index (χ1) is 11.9. The van der Waals surface area contributed by atoms with E-state index in [4.69, 9.17) is 0 Å². The van der Waals surface area contributed by atoms with Gasteiger partial charge in [-0.15, -0.1) is 0 Å². The molecule has 136 valence electrons. The van der Waals surface area contributed by atoms with Gasteiger partial charge in [0.25, 0.3) is 5.69 Å². The van der Waals surface area contributed by atoms with Crippen LogP contribution in [0, 0.1) is 10.1 Å². The second-order valence-corrected chi connectivity index (χ2v) is 8.30. The van der Waals surface area contributed by atoms with Gasteiger partial charge in [0.05, 0.1) is 9.82 Å². The normalized spacial score (nSPS) is 22.1. The predicted molar refractivity (Wildman–Crippen MR) is 90.4 cm³/mol. The predicted octanol–water partition coefficient (Wildman–Crippen LogP) is 1.76. The largest absolute Gasteiger partial charge is 0.341 e. The van der Waals surface area contributed by atoms with Crippen molar-refractivity contribution in [3.05, 3.63) is 34.4 Å². The van der Waals surface area contributed by atoms with Crippen molar-refractivity contribution in [2.45, 2.75) is 43.0 Å². The highest BCUT2D eigenvalue weighted by Gasteiger charge is 2.39. The SMILES string of the molecule is O=C(C1CCCCN1S(=O)(=O)c1ccc([N+](=O)[O-])cc1)N1CCCC1. The molecule has 0 bridgehead atoms. The summed E-state index contributed by atoms with van der Waals surface area (Å²) in [5, 5.41) is 10.7. The van der Waals surface area contributed by atoms with Gasteiger partial charge in [0.1, 0.15) is 6.04 Å². The monoisotopic (exact) mass is 367 g/mol. The van der Waals surface area contributed by atoms with Gasteiger partial charge in [-0.1, -0.05) is 6.42 Å². The lowest BCUT2D eigenvalue weighted by Gasteiger charge is -2.35. The standard InChI is InChI=1S/C16H21N3O5S/c20-16(17-10-3-4-11-17)15-5-1-2-12-18(15)25(23,24)14-8-6-13(7-9-14)19(21)22/h6-9,15H,1-5,10-12H2. The molecule has 0 spiro atoms. The van der Waals surface area contributed by atoms with Crippen LogP contribution in [-0.4, -0.2) is 54.1 Å². The number of carbonyl (C=O) groups is 1. The van der Waals surface area contributed by atoms with E-state index in [1.54, 1.807) is 4.90 Å². The lowest BCUT2D eigenvalue weighted by Crippen LogP contribution is -2.52. The molecule has 0 saturated carbocycles. The fourth-order valence-electron chi connectivity index (χ4n) is 3.46. The van der Waals surface area contributed by atoms with E-state index in [0.717, 1.165) is 19.3 Å². The fraction of sp³-hybridized carbons (Fsp3) is 0.562. The number of sulfonamides is 1. The van der Waals surface area contributed by atoms with Gasteiger partial charge in [-0.05, 0) is 37.8 Å². The zero-order valence-electron chi connectivity index (χ0n) is 13.8. The van der Waals surface area contributed by atoms with Crippen LogP contribution in [0.5, 0.6) is 0 Å². The van der Waals surface area contributed by atoms with Gasteiger partial charge >= 0.3 is 0 Å². The number of nitrogens with zero attached hydrogens (tertiary/aromatic N) is 3. The quantitative estimate of drug-likeness (QED) is 0.596. The second kappa shape index (κ2) is 7.09. The van der Waals surface area contributed by atoms with Crippen molar-refractivity contribution in [3.8, 4) is 0 Å². The Labute approximate surface area is 146 Å². The summed E-state index contributed by atoms with van der Waals surface area (Å²) in [4.78, 5) is 24.7. The summed E-state index contributed by atoms with van der Waals surface area (Å²) >= 11 is 0. The molecule has 1 amide bonds. The first-order valence-electron chi connectivity index (χ1n) is 8.46. The molecule has 0 aliphatic carbocycles. The molecular weight excluding hydrogens is 346 g/mol. The van der Waals surface area contributed by atoms with E-state index in [1.807, 2.05) is 0 Å². The Hall–Kier alpha value is -2.00. The minimum Gasteiger partial charge on any atom is -0.341 e. The van der Waals surface area contributed by atoms with Gasteiger partial charge < -0.3 is 4.90 Å². The van der Waals surface area contributed by atoms with Crippen molar-refractivity contribution < 1.29 is 18.1 Å². The van der Waals surface area contributed by atoms with Gasteiger partial charge in [0, 0.05) is 31.8 Å². The summed E-state index contributed by atoms with van der Waals surface area (Å²) in [5.74, 6) is -0.123. The zero-order chi connectivity index (χ0) is 18.0. The molecule has 9 heteroatoms. The van der Waals surface area contributed by atoms with Gasteiger partial charge in [0.15, 0.2) is 0 Å². The van der Waals surface area contributed by atoms with E-state index in [2.05, 4.69) is 0 Å². The topological polar surface area (TPSA) is 101 Å². The summed E-state index contributed by atoms with van der Waals surface area (Å²) in [6.07, 6.45) is 3.94. The summed E-state index contributed by atoms with van der Waals surface area (Å²) in [7, 11) is -3.87. The summed E-state index contributed by atoms with van der Waals surface area (Å²) in [5.41, 5.74) is -0.165. The first-order valence-corrected chi connectivity index (χ1v) is 9.90. The Morgan fingerprint density at radius 1 is 1.04 bits per heavy atom. The third-order valence-corrected chi connectivity index (χ3v) is 6.73. The Morgan fingerprint density at radius 2 is 1.64 bits per heavy atom. The van der Waals surface area contributed by atoms with Crippen LogP contribution in [0.15, 0.2) is 29.2 Å². The highest BCUT2D eigenvalue weighted by atomic mass is 32.2. The van der Waals surface area contributed by atoms with Crippen LogP contribution in [0.4, 0.5) is 5.69 Å². The number of nitro benzene ring substituents is 1. The highest BCUT2D eigenvalue weighted by molar-refractivity contribution is 7.89. The minimum atomic E-state index is -3.87. The average Bonchev–Trinajstić information content (AvgIpc) is 3.16. The number of hydrogen-bond acceptors (Lipinski definition) is 5. The zero-order valence-corrected chi connectivity index (χ0v) is 14.7. The Bertz CT molecular complexity index is 756. The van der Waals surface area contributed by atoms with Crippen molar-refractivity contribution in [2.24, 2.45) is 0 Å². The molecule has 2 aliphatic rings. The third-order valence-electron chi connectivity index (χ3n) is 4.81. The third kappa shape index (κ3) is 3.52. The van der Waals surface area contributed by atoms with Crippen LogP contribution in [0.1, 0.15) is 32.1 Å². The van der Waals surface area contributed by atoms with Gasteiger partial charge in [-0.3, -0.25) is 14.9 Å². The molecule has 1 atom stereocenters. The van der Waals surface area contributed by atoms with Crippen LogP contribution in [0.25, 0.3) is 0 Å². The van der Waals surface area contributed by atoms with E-state index in [-0.39, 0.29) is 16.5 Å². The Morgan fingerprint density at radius 3 is 2.24 bits per heavy atom. The maximum atomic E-state index is 13.0. The number of likely N-dealkylation sites (tertiary alicyclic amines) is 1. The van der Waals surface area contributed by atoms with Crippen LogP contribution in [-0.2, 0) is 14.8 Å². The Balaban J connectivity index is 1.87. The van der Waals surface area contributed by atoms with Crippen molar-refractivity contribution in [3.63, 3.8) is 0 Å². The van der Waals surface area contributed by atoms with Crippen molar-refractivity contribution in [2.75, 3.05) is 19.6 Å². The van der Waals surface area contributed by atoms with E-state index in [9.17, 15) is 23.3 Å². The summed E-state index contributed by atoms with van der Waals surface area (Å²) in [6, 6.07) is 4.15. The molecule has 8 nitrogen and oxygen atoms in total. The first kappa shape index (κ1) is 17.8. The maximum Gasteiger partial charge on any atom is 0.269 e. The van der Waals surface area contributed by atoms with Crippen molar-refractivity contribution in [1.29, 1.82) is 0 Å². The molecule has 3 rings (SSSR count). The molecule has 2 heterocycles. The number of non-ortho nitro benzene ring substituents is 1. The lowest BCUT2D eigenvalue weighted by molar-refractivity contribution is -0.384. The summed E-state index contributed by atoms with van der Waals surface area (Å²) in [6.45, 7) is 1.66. The van der Waals surface area contributed by atoms with Gasteiger partial charge in [0.2, 0.25) is 15.9 Å². The number of piperidine rings is 1. The van der Waals surface area contributed by atoms with E-state index < -0.39 is 21.0 Å². The number of nitro groups is 1. The van der Waals surface area contributed by atoms with E-state index >= 15 is 0 Å². The van der Waals surface area contributed by atoms with E-state index in [0.29, 0.717) is 32.5 Å².